The zero-order chi connectivity index (χ0) is 15.6. The van der Waals surface area contributed by atoms with Gasteiger partial charge in [-0.1, -0.05) is 19.4 Å². The van der Waals surface area contributed by atoms with Gasteiger partial charge in [0.05, 0.1) is 17.4 Å². The average Bonchev–Trinajstić information content (AvgIpc) is 2.30. The fourth-order valence-electron chi connectivity index (χ4n) is 2.05. The van der Waals surface area contributed by atoms with Crippen molar-refractivity contribution in [2.75, 3.05) is 11.0 Å². The number of hydrogen-bond acceptors (Lipinski definition) is 3. The van der Waals surface area contributed by atoms with E-state index in [2.05, 4.69) is 4.72 Å². The summed E-state index contributed by atoms with van der Waals surface area (Å²) in [7, 11) is -3.56. The summed E-state index contributed by atoms with van der Waals surface area (Å²) in [5.41, 5.74) is 4.71. The number of carbonyl (C=O) groups excluding carboxylic acids is 1. The van der Waals surface area contributed by atoms with Gasteiger partial charge in [0.15, 0.2) is 0 Å². The van der Waals surface area contributed by atoms with Crippen molar-refractivity contribution >= 4 is 21.6 Å². The number of sulfonamides is 1. The van der Waals surface area contributed by atoms with E-state index in [4.69, 9.17) is 5.73 Å². The van der Waals surface area contributed by atoms with Gasteiger partial charge in [-0.05, 0) is 31.0 Å². The van der Waals surface area contributed by atoms with Gasteiger partial charge < -0.3 is 5.73 Å². The largest absolute Gasteiger partial charge is 0.369 e. The van der Waals surface area contributed by atoms with Crippen molar-refractivity contribution in [1.82, 2.24) is 0 Å². The van der Waals surface area contributed by atoms with Crippen LogP contribution in [0.2, 0.25) is 0 Å². The second kappa shape index (κ2) is 5.78. The van der Waals surface area contributed by atoms with E-state index in [9.17, 15) is 17.6 Å². The Balaban J connectivity index is 3.23. The van der Waals surface area contributed by atoms with Crippen LogP contribution >= 0.6 is 0 Å². The second-order valence-electron chi connectivity index (χ2n) is 5.02. The van der Waals surface area contributed by atoms with Gasteiger partial charge in [-0.25, -0.2) is 12.8 Å². The summed E-state index contributed by atoms with van der Waals surface area (Å²) in [5.74, 6) is -1.28. The highest BCUT2D eigenvalue weighted by atomic mass is 32.2. The zero-order valence-corrected chi connectivity index (χ0v) is 12.6. The van der Waals surface area contributed by atoms with Crippen LogP contribution in [-0.2, 0) is 20.2 Å². The Morgan fingerprint density at radius 2 is 2.05 bits per heavy atom. The number of benzene rings is 1. The van der Waals surface area contributed by atoms with Crippen LogP contribution < -0.4 is 10.5 Å². The molecule has 0 bridgehead atoms. The van der Waals surface area contributed by atoms with Crippen molar-refractivity contribution in [2.45, 2.75) is 32.1 Å². The average molecular weight is 302 g/mol. The Bertz CT molecular complexity index is 616. The Morgan fingerprint density at radius 1 is 1.45 bits per heavy atom. The summed E-state index contributed by atoms with van der Waals surface area (Å²) in [6, 6.07) is 3.95. The molecule has 20 heavy (non-hydrogen) atoms. The van der Waals surface area contributed by atoms with Crippen molar-refractivity contribution in [1.29, 1.82) is 0 Å². The summed E-state index contributed by atoms with van der Waals surface area (Å²) < 4.78 is 38.2. The van der Waals surface area contributed by atoms with Gasteiger partial charge in [-0.3, -0.25) is 9.52 Å². The van der Waals surface area contributed by atoms with Crippen molar-refractivity contribution in [3.05, 3.63) is 29.6 Å². The van der Waals surface area contributed by atoms with Gasteiger partial charge in [0.25, 0.3) is 0 Å². The lowest BCUT2D eigenvalue weighted by Gasteiger charge is -2.26. The topological polar surface area (TPSA) is 89.3 Å². The number of anilines is 1. The maximum Gasteiger partial charge on any atom is 0.229 e. The minimum atomic E-state index is -3.56. The molecular formula is C13H19FN2O3S. The molecule has 112 valence electrons. The van der Waals surface area contributed by atoms with Crippen LogP contribution in [0.15, 0.2) is 18.2 Å². The van der Waals surface area contributed by atoms with Crippen molar-refractivity contribution in [3.63, 3.8) is 0 Å². The predicted molar refractivity (Wildman–Crippen MR) is 76.3 cm³/mol. The molecule has 0 aliphatic carbocycles. The third kappa shape index (κ3) is 3.69. The van der Waals surface area contributed by atoms with E-state index in [-0.39, 0.29) is 5.69 Å². The van der Waals surface area contributed by atoms with E-state index in [1.165, 1.54) is 12.1 Å². The van der Waals surface area contributed by atoms with E-state index in [0.717, 1.165) is 12.3 Å². The van der Waals surface area contributed by atoms with Gasteiger partial charge >= 0.3 is 0 Å². The number of nitrogens with one attached hydrogen (secondary N) is 1. The molecule has 7 heteroatoms. The van der Waals surface area contributed by atoms with E-state index < -0.39 is 27.2 Å². The number of carbonyl (C=O) groups is 1. The van der Waals surface area contributed by atoms with E-state index in [1.807, 2.05) is 6.92 Å². The second-order valence-corrected chi connectivity index (χ2v) is 6.76. The molecule has 0 aliphatic heterocycles. The molecule has 0 saturated carbocycles. The number of nitrogens with two attached hydrogens (primary N) is 1. The SMILES string of the molecule is CCCC(C)(C(N)=O)c1ccc(NS(C)(=O)=O)c(F)c1. The fourth-order valence-corrected chi connectivity index (χ4v) is 2.62. The number of hydrogen-bond donors (Lipinski definition) is 2. The molecule has 1 aromatic rings. The van der Waals surface area contributed by atoms with Crippen molar-refractivity contribution in [3.8, 4) is 0 Å². The summed E-state index contributed by atoms with van der Waals surface area (Å²) in [5, 5.41) is 0. The third-order valence-electron chi connectivity index (χ3n) is 3.20. The molecule has 3 N–H and O–H groups in total. The summed E-state index contributed by atoms with van der Waals surface area (Å²) >= 11 is 0. The summed E-state index contributed by atoms with van der Waals surface area (Å²) in [6.07, 6.45) is 2.13. The first-order chi connectivity index (χ1) is 9.10. The Labute approximate surface area is 118 Å². The monoisotopic (exact) mass is 302 g/mol. The molecule has 0 aromatic heterocycles. The number of halogens is 1. The smallest absolute Gasteiger partial charge is 0.229 e. The molecular weight excluding hydrogens is 283 g/mol. The molecule has 0 spiro atoms. The normalized spacial score (nSPS) is 14.6. The number of amides is 1. The van der Waals surface area contributed by atoms with Crippen LogP contribution in [0.4, 0.5) is 10.1 Å². The molecule has 1 amide bonds. The van der Waals surface area contributed by atoms with Gasteiger partial charge in [0.2, 0.25) is 15.9 Å². The van der Waals surface area contributed by atoms with Crippen LogP contribution in [0, 0.1) is 5.82 Å². The first-order valence-electron chi connectivity index (χ1n) is 6.18. The van der Waals surface area contributed by atoms with Crippen LogP contribution in [0.5, 0.6) is 0 Å². The lowest BCUT2D eigenvalue weighted by molar-refractivity contribution is -0.123. The first kappa shape index (κ1) is 16.4. The van der Waals surface area contributed by atoms with E-state index in [1.54, 1.807) is 6.92 Å². The zero-order valence-electron chi connectivity index (χ0n) is 11.7. The molecule has 1 unspecified atom stereocenters. The minimum absolute atomic E-state index is 0.153. The van der Waals surface area contributed by atoms with E-state index >= 15 is 0 Å². The summed E-state index contributed by atoms with van der Waals surface area (Å²) in [4.78, 5) is 11.6. The van der Waals surface area contributed by atoms with Crippen molar-refractivity contribution < 1.29 is 17.6 Å². The molecule has 5 nitrogen and oxygen atoms in total. The first-order valence-corrected chi connectivity index (χ1v) is 8.07. The van der Waals surface area contributed by atoms with Crippen LogP contribution in [-0.4, -0.2) is 20.6 Å². The minimum Gasteiger partial charge on any atom is -0.369 e. The van der Waals surface area contributed by atoms with Crippen molar-refractivity contribution in [2.24, 2.45) is 5.73 Å². The molecule has 0 heterocycles. The third-order valence-corrected chi connectivity index (χ3v) is 3.79. The van der Waals surface area contributed by atoms with Gasteiger partial charge in [0, 0.05) is 0 Å². The number of primary amides is 1. The van der Waals surface area contributed by atoms with E-state index in [0.29, 0.717) is 18.4 Å². The highest BCUT2D eigenvalue weighted by Crippen LogP contribution is 2.31. The van der Waals surface area contributed by atoms with Crippen LogP contribution in [0.1, 0.15) is 32.3 Å². The standard InChI is InChI=1S/C13H19FN2O3S/c1-4-7-13(2,12(15)17)9-5-6-11(10(14)8-9)16-20(3,18)19/h5-6,8,16H,4,7H2,1-3H3,(H2,15,17). The quantitative estimate of drug-likeness (QED) is 0.838. The van der Waals surface area contributed by atoms with Crippen LogP contribution in [0.3, 0.4) is 0 Å². The highest BCUT2D eigenvalue weighted by Gasteiger charge is 2.32. The lowest BCUT2D eigenvalue weighted by Crippen LogP contribution is -2.38. The lowest BCUT2D eigenvalue weighted by atomic mass is 9.78. The van der Waals surface area contributed by atoms with Gasteiger partial charge in [-0.15, -0.1) is 0 Å². The Hall–Kier alpha value is -1.63. The number of rotatable bonds is 6. The molecule has 0 fully saturated rings. The van der Waals surface area contributed by atoms with Crippen LogP contribution in [0.25, 0.3) is 0 Å². The van der Waals surface area contributed by atoms with Gasteiger partial charge in [-0.2, -0.15) is 0 Å². The molecule has 1 aromatic carbocycles. The maximum absolute atomic E-state index is 13.9. The molecule has 0 saturated heterocycles. The Morgan fingerprint density at radius 3 is 2.45 bits per heavy atom. The summed E-state index contributed by atoms with van der Waals surface area (Å²) in [6.45, 7) is 3.55. The van der Waals surface area contributed by atoms with Gasteiger partial charge in [0.1, 0.15) is 5.82 Å². The molecule has 0 aliphatic rings. The maximum atomic E-state index is 13.9. The predicted octanol–water partition coefficient (Wildman–Crippen LogP) is 1.74. The molecule has 1 rings (SSSR count). The Kier molecular flexibility index (Phi) is 4.75. The highest BCUT2D eigenvalue weighted by molar-refractivity contribution is 7.92. The molecule has 1 atom stereocenters. The molecule has 0 radical (unpaired) electrons. The fraction of sp³-hybridized carbons (Fsp3) is 0.462.